The van der Waals surface area contributed by atoms with Crippen molar-refractivity contribution >= 4 is 93.1 Å². The number of rotatable bonds is 7. The third kappa shape index (κ3) is 6.43. The smallest absolute Gasteiger partial charge is 0.143 e. The van der Waals surface area contributed by atoms with E-state index in [0.29, 0.717) is 0 Å². The molecule has 0 aliphatic heterocycles. The van der Waals surface area contributed by atoms with Crippen molar-refractivity contribution in [1.29, 1.82) is 0 Å². The lowest BCUT2D eigenvalue weighted by Gasteiger charge is -2.26. The van der Waals surface area contributed by atoms with Gasteiger partial charge in [-0.1, -0.05) is 182 Å². The highest BCUT2D eigenvalue weighted by atomic mass is 16.3. The Bertz CT molecular complexity index is 4260. The Hall–Kier alpha value is -9.18. The predicted octanol–water partition coefficient (Wildman–Crippen LogP) is 18.6. The first-order valence-corrected chi connectivity index (χ1v) is 23.6. The molecule has 0 saturated carbocycles. The second-order valence-electron chi connectivity index (χ2n) is 18.1. The number of benzene rings is 12. The molecule has 0 atom stereocenters. The van der Waals surface area contributed by atoms with Crippen LogP contribution in [0.5, 0.6) is 0 Å². The molecule has 0 N–H and O–H groups in total. The van der Waals surface area contributed by atoms with Crippen molar-refractivity contribution in [1.82, 2.24) is 4.57 Å². The Morgan fingerprint density at radius 3 is 1.52 bits per heavy atom. The van der Waals surface area contributed by atoms with Crippen LogP contribution in [0.3, 0.4) is 0 Å². The van der Waals surface area contributed by atoms with E-state index >= 15 is 0 Å². The van der Waals surface area contributed by atoms with E-state index in [1.54, 1.807) is 0 Å². The number of nitrogens with zero attached hydrogens (tertiary/aromatic N) is 2. The number of hydrogen-bond acceptors (Lipinski definition) is 2. The molecule has 0 aliphatic carbocycles. The van der Waals surface area contributed by atoms with Crippen LogP contribution in [0.15, 0.2) is 259 Å². The zero-order chi connectivity index (χ0) is 45.4. The van der Waals surface area contributed by atoms with Gasteiger partial charge in [0, 0.05) is 55.2 Å². The summed E-state index contributed by atoms with van der Waals surface area (Å²) in [6.07, 6.45) is 0. The molecule has 0 radical (unpaired) electrons. The maximum absolute atomic E-state index is 6.84. The molecule has 0 saturated heterocycles. The SMILES string of the molecule is c1cc(-c2cccc3c2oc2c4ccccc4ccc32)cc(N(c2ccc(-c3cccc(-n4c5ccccc5c5ccccc54)c3)cc2)c2ccc(-c3ccc4c(ccc5ccccc54)c3)cc2)c1. The zero-order valence-electron chi connectivity index (χ0n) is 37.6. The summed E-state index contributed by atoms with van der Waals surface area (Å²) in [5, 5.41) is 12.1. The van der Waals surface area contributed by atoms with Crippen LogP contribution in [0.1, 0.15) is 0 Å². The van der Waals surface area contributed by atoms with E-state index in [4.69, 9.17) is 4.42 Å². The molecular formula is C66H42N2O. The number of hydrogen-bond donors (Lipinski definition) is 0. The summed E-state index contributed by atoms with van der Waals surface area (Å²) in [7, 11) is 0. The summed E-state index contributed by atoms with van der Waals surface area (Å²) in [6, 6.07) is 92.4. The summed E-state index contributed by atoms with van der Waals surface area (Å²) in [4.78, 5) is 2.37. The van der Waals surface area contributed by atoms with E-state index in [9.17, 15) is 0 Å². The van der Waals surface area contributed by atoms with Crippen molar-refractivity contribution in [3.63, 3.8) is 0 Å². The van der Waals surface area contributed by atoms with Gasteiger partial charge >= 0.3 is 0 Å². The molecule has 0 unspecified atom stereocenters. The van der Waals surface area contributed by atoms with Gasteiger partial charge in [0.1, 0.15) is 11.2 Å². The first-order valence-electron chi connectivity index (χ1n) is 23.6. The van der Waals surface area contributed by atoms with Crippen molar-refractivity contribution in [2.45, 2.75) is 0 Å². The highest BCUT2D eigenvalue weighted by Crippen LogP contribution is 2.43. The molecule has 322 valence electrons. The molecule has 2 aromatic heterocycles. The van der Waals surface area contributed by atoms with Crippen LogP contribution in [0.4, 0.5) is 17.1 Å². The van der Waals surface area contributed by atoms with E-state index < -0.39 is 0 Å². The fourth-order valence-electron chi connectivity index (χ4n) is 10.8. The lowest BCUT2D eigenvalue weighted by molar-refractivity contribution is 0.674. The van der Waals surface area contributed by atoms with E-state index in [0.717, 1.165) is 72.3 Å². The van der Waals surface area contributed by atoms with Crippen LogP contribution in [0.2, 0.25) is 0 Å². The molecule has 12 aromatic carbocycles. The Morgan fingerprint density at radius 1 is 0.275 bits per heavy atom. The third-order valence-electron chi connectivity index (χ3n) is 14.2. The van der Waals surface area contributed by atoms with Crippen LogP contribution in [0, 0.1) is 0 Å². The van der Waals surface area contributed by atoms with Crippen molar-refractivity contribution in [3.05, 3.63) is 255 Å². The first kappa shape index (κ1) is 39.0. The van der Waals surface area contributed by atoms with Gasteiger partial charge < -0.3 is 13.9 Å². The molecule has 69 heavy (non-hydrogen) atoms. The van der Waals surface area contributed by atoms with Crippen molar-refractivity contribution in [2.75, 3.05) is 4.90 Å². The average Bonchev–Trinajstić information content (AvgIpc) is 3.98. The van der Waals surface area contributed by atoms with E-state index in [-0.39, 0.29) is 0 Å². The van der Waals surface area contributed by atoms with Gasteiger partial charge in [-0.3, -0.25) is 0 Å². The molecule has 0 aliphatic rings. The number of aromatic nitrogens is 1. The molecule has 3 heteroatoms. The maximum atomic E-state index is 6.84. The topological polar surface area (TPSA) is 21.3 Å². The maximum Gasteiger partial charge on any atom is 0.143 e. The summed E-state index contributed by atoms with van der Waals surface area (Å²) in [5.41, 5.74) is 15.4. The fraction of sp³-hybridized carbons (Fsp3) is 0. The summed E-state index contributed by atoms with van der Waals surface area (Å²) in [5.74, 6) is 0. The van der Waals surface area contributed by atoms with Gasteiger partial charge in [0.15, 0.2) is 0 Å². The van der Waals surface area contributed by atoms with Crippen LogP contribution in [-0.4, -0.2) is 4.57 Å². The number of fused-ring (bicyclic) bond motifs is 11. The highest BCUT2D eigenvalue weighted by molar-refractivity contribution is 6.17. The number of anilines is 3. The molecule has 14 aromatic rings. The molecule has 0 bridgehead atoms. The molecule has 0 amide bonds. The standard InChI is InChI=1S/C66H42N2O/c1-3-18-55-45(12-1)26-27-50-40-48(33-38-56(50)55)44-30-36-52(37-31-44)67(53-16-10-15-49(42-53)58-22-11-23-61-62-39-32-46-13-2-4-19-57(46)65(62)69-66(58)61)51-34-28-43(29-35-51)47-14-9-17-54(41-47)68-63-24-7-5-20-59(63)60-21-6-8-25-64(60)68/h1-42H. The molecule has 3 nitrogen and oxygen atoms in total. The summed E-state index contributed by atoms with van der Waals surface area (Å²) < 4.78 is 9.22. The Kier molecular flexibility index (Phi) is 8.90. The van der Waals surface area contributed by atoms with Crippen LogP contribution < -0.4 is 4.90 Å². The van der Waals surface area contributed by atoms with Gasteiger partial charge in [-0.25, -0.2) is 0 Å². The lowest BCUT2D eigenvalue weighted by atomic mass is 9.97. The zero-order valence-corrected chi connectivity index (χ0v) is 37.6. The van der Waals surface area contributed by atoms with Crippen LogP contribution >= 0.6 is 0 Å². The fourth-order valence-corrected chi connectivity index (χ4v) is 10.8. The van der Waals surface area contributed by atoms with Crippen LogP contribution in [0.25, 0.3) is 115 Å². The molecule has 0 spiro atoms. The largest absolute Gasteiger partial charge is 0.455 e. The van der Waals surface area contributed by atoms with Crippen molar-refractivity contribution < 1.29 is 4.42 Å². The number of para-hydroxylation sites is 3. The van der Waals surface area contributed by atoms with Gasteiger partial charge in [-0.05, 0) is 128 Å². The normalized spacial score (nSPS) is 11.8. The minimum absolute atomic E-state index is 0.896. The second-order valence-corrected chi connectivity index (χ2v) is 18.1. The van der Waals surface area contributed by atoms with Gasteiger partial charge in [0.2, 0.25) is 0 Å². The lowest BCUT2D eigenvalue weighted by Crippen LogP contribution is -2.10. The Morgan fingerprint density at radius 2 is 0.783 bits per heavy atom. The first-order chi connectivity index (χ1) is 34.2. The van der Waals surface area contributed by atoms with Crippen LogP contribution in [-0.2, 0) is 0 Å². The van der Waals surface area contributed by atoms with Gasteiger partial charge in [0.25, 0.3) is 0 Å². The molecule has 2 heterocycles. The quantitative estimate of drug-likeness (QED) is 0.149. The highest BCUT2D eigenvalue weighted by Gasteiger charge is 2.19. The van der Waals surface area contributed by atoms with Gasteiger partial charge in [0.05, 0.1) is 11.0 Å². The van der Waals surface area contributed by atoms with E-state index in [1.165, 1.54) is 59.9 Å². The third-order valence-corrected chi connectivity index (χ3v) is 14.2. The Labute approximate surface area is 399 Å². The monoisotopic (exact) mass is 878 g/mol. The second kappa shape index (κ2) is 15.7. The van der Waals surface area contributed by atoms with E-state index in [1.807, 2.05) is 0 Å². The molecule has 0 fully saturated rings. The molecular weight excluding hydrogens is 837 g/mol. The predicted molar refractivity (Wildman–Crippen MR) is 292 cm³/mol. The minimum atomic E-state index is 0.896. The molecule has 14 rings (SSSR count). The average molecular weight is 879 g/mol. The summed E-state index contributed by atoms with van der Waals surface area (Å²) >= 11 is 0. The van der Waals surface area contributed by atoms with Crippen molar-refractivity contribution in [2.24, 2.45) is 0 Å². The summed E-state index contributed by atoms with van der Waals surface area (Å²) in [6.45, 7) is 0. The Balaban J connectivity index is 0.871. The van der Waals surface area contributed by atoms with Gasteiger partial charge in [-0.2, -0.15) is 0 Å². The minimum Gasteiger partial charge on any atom is -0.455 e. The van der Waals surface area contributed by atoms with E-state index in [2.05, 4.69) is 264 Å². The van der Waals surface area contributed by atoms with Crippen molar-refractivity contribution in [3.8, 4) is 39.1 Å². The van der Waals surface area contributed by atoms with Gasteiger partial charge in [-0.15, -0.1) is 0 Å². The number of furan rings is 1.